The molecule has 10 heteroatoms. The van der Waals surface area contributed by atoms with Crippen LogP contribution in [0, 0.1) is 16.0 Å². The Kier molecular flexibility index (Phi) is 9.50. The molecule has 1 saturated heterocycles. The highest BCUT2D eigenvalue weighted by molar-refractivity contribution is 6.12. The molecule has 2 unspecified atom stereocenters. The molecule has 248 valence electrons. The topological polar surface area (TPSA) is 134 Å². The number of esters is 3. The van der Waals surface area contributed by atoms with Crippen LogP contribution in [0.2, 0.25) is 0 Å². The zero-order valence-electron chi connectivity index (χ0n) is 27.0. The van der Waals surface area contributed by atoms with Crippen LogP contribution in [0.25, 0.3) is 27.6 Å². The second-order valence-corrected chi connectivity index (χ2v) is 11.6. The quantitative estimate of drug-likeness (QED) is 0.0427. The van der Waals surface area contributed by atoms with Gasteiger partial charge in [-0.05, 0) is 58.2 Å². The Bertz CT molecular complexity index is 2000. The van der Waals surface area contributed by atoms with Gasteiger partial charge in [0.1, 0.15) is 12.5 Å². The molecule has 0 aliphatic carbocycles. The normalized spacial score (nSPS) is 17.6. The molecule has 6 rings (SSSR count). The summed E-state index contributed by atoms with van der Waals surface area (Å²) in [6.45, 7) is 3.02. The molecule has 1 heterocycles. The molecule has 49 heavy (non-hydrogen) atoms. The third kappa shape index (κ3) is 6.26. The van der Waals surface area contributed by atoms with E-state index in [1.165, 1.54) is 24.3 Å². The lowest BCUT2D eigenvalue weighted by Gasteiger charge is -2.27. The Morgan fingerprint density at radius 3 is 1.88 bits per heavy atom. The molecule has 0 bridgehead atoms. The van der Waals surface area contributed by atoms with Crippen molar-refractivity contribution in [2.24, 2.45) is 5.92 Å². The number of carbonyl (C=O) groups is 3. The molecule has 0 aromatic heterocycles. The van der Waals surface area contributed by atoms with E-state index in [2.05, 4.69) is 11.4 Å². The van der Waals surface area contributed by atoms with Crippen molar-refractivity contribution in [1.29, 1.82) is 0 Å². The Balaban J connectivity index is 1.52. The van der Waals surface area contributed by atoms with Crippen molar-refractivity contribution in [2.45, 2.75) is 32.0 Å². The predicted molar refractivity (Wildman–Crippen MR) is 184 cm³/mol. The lowest BCUT2D eigenvalue weighted by molar-refractivity contribution is -0.384. The minimum atomic E-state index is -2.23. The van der Waals surface area contributed by atoms with Gasteiger partial charge in [-0.1, -0.05) is 97.1 Å². The summed E-state index contributed by atoms with van der Waals surface area (Å²) in [7, 11) is 0. The maximum absolute atomic E-state index is 14.6. The smallest absolute Gasteiger partial charge is 0.342 e. The van der Waals surface area contributed by atoms with Crippen LogP contribution in [0.4, 0.5) is 5.69 Å². The van der Waals surface area contributed by atoms with E-state index in [1.807, 2.05) is 54.6 Å². The van der Waals surface area contributed by atoms with Gasteiger partial charge in [0.25, 0.3) is 5.69 Å². The van der Waals surface area contributed by atoms with Crippen LogP contribution >= 0.6 is 0 Å². The number of nitrogens with zero attached hydrogens (tertiary/aromatic N) is 1. The van der Waals surface area contributed by atoms with Crippen molar-refractivity contribution in [2.75, 3.05) is 13.2 Å². The fourth-order valence-corrected chi connectivity index (χ4v) is 6.49. The molecule has 0 saturated carbocycles. The van der Waals surface area contributed by atoms with Crippen molar-refractivity contribution < 1.29 is 33.5 Å². The summed E-state index contributed by atoms with van der Waals surface area (Å²) in [5, 5.41) is 18.4. The molecule has 1 N–H and O–H groups in total. The number of non-ortho nitro benzene ring substituents is 1. The number of benzene rings is 5. The van der Waals surface area contributed by atoms with Gasteiger partial charge in [0.05, 0.1) is 24.2 Å². The second kappa shape index (κ2) is 14.1. The highest BCUT2D eigenvalue weighted by atomic mass is 16.6. The zero-order chi connectivity index (χ0) is 34.5. The van der Waals surface area contributed by atoms with E-state index in [0.29, 0.717) is 11.1 Å². The number of nitro benzene ring substituents is 1. The van der Waals surface area contributed by atoms with Crippen molar-refractivity contribution >= 4 is 51.2 Å². The Morgan fingerprint density at radius 1 is 0.776 bits per heavy atom. The highest BCUT2D eigenvalue weighted by Gasteiger charge is 2.63. The molecule has 2 atom stereocenters. The largest absolute Gasteiger partial charge is 0.464 e. The van der Waals surface area contributed by atoms with E-state index < -0.39 is 40.3 Å². The first kappa shape index (κ1) is 33.0. The monoisotopic (exact) mass is 658 g/mol. The first-order chi connectivity index (χ1) is 23.8. The maximum atomic E-state index is 14.6. The van der Waals surface area contributed by atoms with Gasteiger partial charge in [0, 0.05) is 17.7 Å². The highest BCUT2D eigenvalue weighted by Crippen LogP contribution is 2.46. The van der Waals surface area contributed by atoms with E-state index in [1.54, 1.807) is 44.2 Å². The SMILES string of the molecule is CCOC(=O)C1(C(=O)OCC)NC(c2ccc([N+](=O)[O-])cc2)C(C(=O)OCc2c3ccccc3cc3ccccc23)/C1=C\c1ccccc1. The number of fused-ring (bicyclic) bond motifs is 2. The summed E-state index contributed by atoms with van der Waals surface area (Å²) < 4.78 is 17.1. The molecular weight excluding hydrogens is 624 g/mol. The van der Waals surface area contributed by atoms with E-state index in [4.69, 9.17) is 14.2 Å². The van der Waals surface area contributed by atoms with E-state index in [-0.39, 0.29) is 31.1 Å². The molecule has 0 spiro atoms. The summed E-state index contributed by atoms with van der Waals surface area (Å²) in [5.74, 6) is -3.86. The third-order valence-electron chi connectivity index (χ3n) is 8.72. The first-order valence-corrected chi connectivity index (χ1v) is 16.0. The van der Waals surface area contributed by atoms with Gasteiger partial charge in [-0.2, -0.15) is 0 Å². The molecule has 0 amide bonds. The standard InChI is InChI=1S/C39H34N2O8/c1-3-47-37(43)39(38(44)48-4-2)33(22-25-12-6-5-7-13-25)34(35(40-39)26-18-20-29(21-19-26)41(45)46)36(42)49-24-32-30-16-10-8-14-27(30)23-28-15-9-11-17-31(28)32/h5-23,34-35,40H,3-4,24H2,1-2H3/b33-22+. The molecule has 0 radical (unpaired) electrons. The van der Waals surface area contributed by atoms with Crippen LogP contribution in [0.3, 0.4) is 0 Å². The molecular formula is C39H34N2O8. The van der Waals surface area contributed by atoms with Gasteiger partial charge in [0.15, 0.2) is 0 Å². The number of rotatable bonds is 10. The minimum Gasteiger partial charge on any atom is -0.464 e. The van der Waals surface area contributed by atoms with Crippen LogP contribution in [0.15, 0.2) is 115 Å². The predicted octanol–water partition coefficient (Wildman–Crippen LogP) is 6.85. The number of nitro groups is 1. The van der Waals surface area contributed by atoms with Gasteiger partial charge in [-0.25, -0.2) is 9.59 Å². The third-order valence-corrected chi connectivity index (χ3v) is 8.72. The molecule has 10 nitrogen and oxygen atoms in total. The van der Waals surface area contributed by atoms with Crippen LogP contribution in [-0.4, -0.2) is 41.6 Å². The Labute approximate surface area is 282 Å². The fraction of sp³-hybridized carbons (Fsp3) is 0.205. The molecule has 1 aliphatic rings. The lowest BCUT2D eigenvalue weighted by atomic mass is 9.82. The Morgan fingerprint density at radius 2 is 1.33 bits per heavy atom. The van der Waals surface area contributed by atoms with Crippen LogP contribution < -0.4 is 5.32 Å². The van der Waals surface area contributed by atoms with E-state index in [0.717, 1.165) is 27.1 Å². The summed E-state index contributed by atoms with van der Waals surface area (Å²) in [5.41, 5.74) is -0.491. The summed E-state index contributed by atoms with van der Waals surface area (Å²) in [6.07, 6.45) is 1.60. The number of hydrogen-bond acceptors (Lipinski definition) is 9. The van der Waals surface area contributed by atoms with Gasteiger partial charge in [-0.3, -0.25) is 20.2 Å². The minimum absolute atomic E-state index is 0.0498. The maximum Gasteiger partial charge on any atom is 0.342 e. The van der Waals surface area contributed by atoms with Crippen molar-refractivity contribution in [1.82, 2.24) is 5.32 Å². The molecule has 5 aromatic carbocycles. The lowest BCUT2D eigenvalue weighted by Crippen LogP contribution is -2.57. The van der Waals surface area contributed by atoms with Gasteiger partial charge < -0.3 is 14.2 Å². The molecule has 1 aliphatic heterocycles. The van der Waals surface area contributed by atoms with Gasteiger partial charge >= 0.3 is 17.9 Å². The Hall–Kier alpha value is -5.87. The summed E-state index contributed by atoms with van der Waals surface area (Å²) in [6, 6.07) is 31.2. The van der Waals surface area contributed by atoms with Gasteiger partial charge in [0.2, 0.25) is 5.54 Å². The van der Waals surface area contributed by atoms with Crippen LogP contribution in [0.5, 0.6) is 0 Å². The average Bonchev–Trinajstić information content (AvgIpc) is 3.46. The number of carbonyl (C=O) groups excluding carboxylic acids is 3. The van der Waals surface area contributed by atoms with E-state index in [9.17, 15) is 24.5 Å². The summed E-state index contributed by atoms with van der Waals surface area (Å²) in [4.78, 5) is 53.5. The summed E-state index contributed by atoms with van der Waals surface area (Å²) >= 11 is 0. The number of hydrogen-bond donors (Lipinski definition) is 1. The second-order valence-electron chi connectivity index (χ2n) is 11.6. The van der Waals surface area contributed by atoms with Crippen LogP contribution in [0.1, 0.15) is 36.6 Å². The first-order valence-electron chi connectivity index (χ1n) is 16.0. The van der Waals surface area contributed by atoms with Crippen molar-refractivity contribution in [3.63, 3.8) is 0 Å². The van der Waals surface area contributed by atoms with Crippen LogP contribution in [-0.2, 0) is 35.2 Å². The number of nitrogens with one attached hydrogen (secondary N) is 1. The average molecular weight is 659 g/mol. The molecule has 1 fully saturated rings. The molecule has 5 aromatic rings. The van der Waals surface area contributed by atoms with E-state index >= 15 is 0 Å². The van der Waals surface area contributed by atoms with Gasteiger partial charge in [-0.15, -0.1) is 0 Å². The fourth-order valence-electron chi connectivity index (χ4n) is 6.49. The zero-order valence-corrected chi connectivity index (χ0v) is 27.0. The van der Waals surface area contributed by atoms with Crippen molar-refractivity contribution in [3.8, 4) is 0 Å². The number of ether oxygens (including phenoxy) is 3. The van der Waals surface area contributed by atoms with Crippen molar-refractivity contribution in [3.05, 3.63) is 142 Å².